The lowest BCUT2D eigenvalue weighted by Gasteiger charge is -2.11. The van der Waals surface area contributed by atoms with Gasteiger partial charge in [-0.05, 0) is 6.92 Å². The highest BCUT2D eigenvalue weighted by atomic mass is 16.5. The predicted octanol–water partition coefficient (Wildman–Crippen LogP) is 2.54. The number of carbonyl (C=O) groups excluding carboxylic acids is 2. The van der Waals surface area contributed by atoms with Crippen LogP contribution in [0.4, 0.5) is 0 Å². The Balaban J connectivity index is 2.19. The zero-order chi connectivity index (χ0) is 13.0. The molecule has 0 N–H and O–H groups in total. The highest BCUT2D eigenvalue weighted by Crippen LogP contribution is 2.24. The fourth-order valence-electron chi connectivity index (χ4n) is 1.89. The summed E-state index contributed by atoms with van der Waals surface area (Å²) in [6.45, 7) is 2.06. The predicted molar refractivity (Wildman–Crippen MR) is 68.1 cm³/mol. The van der Waals surface area contributed by atoms with Crippen molar-refractivity contribution < 1.29 is 14.3 Å². The first-order valence-electron chi connectivity index (χ1n) is 5.88. The summed E-state index contributed by atoms with van der Waals surface area (Å²) >= 11 is 0. The molecule has 0 aliphatic heterocycles. The minimum Gasteiger partial charge on any atom is -0.465 e. The van der Waals surface area contributed by atoms with Gasteiger partial charge in [-0.3, -0.25) is 9.59 Å². The largest absolute Gasteiger partial charge is 0.465 e. The second-order valence-corrected chi connectivity index (χ2v) is 3.93. The number of allylic oxidation sites excluding steroid dienone is 2. The summed E-state index contributed by atoms with van der Waals surface area (Å²) in [7, 11) is 0. The van der Waals surface area contributed by atoms with Crippen molar-refractivity contribution in [2.75, 3.05) is 6.61 Å². The molecule has 0 spiro atoms. The molecule has 3 heteroatoms. The van der Waals surface area contributed by atoms with Gasteiger partial charge in [0.15, 0.2) is 5.78 Å². The molecule has 1 aliphatic carbocycles. The molecule has 0 saturated heterocycles. The van der Waals surface area contributed by atoms with E-state index in [2.05, 4.69) is 0 Å². The Morgan fingerprint density at radius 1 is 1.22 bits per heavy atom. The van der Waals surface area contributed by atoms with Crippen molar-refractivity contribution in [3.05, 3.63) is 59.7 Å². The van der Waals surface area contributed by atoms with Crippen LogP contribution in [0.3, 0.4) is 0 Å². The fourth-order valence-corrected chi connectivity index (χ4v) is 1.89. The van der Waals surface area contributed by atoms with E-state index in [0.717, 1.165) is 0 Å². The zero-order valence-electron chi connectivity index (χ0n) is 10.1. The fraction of sp³-hybridized carbons (Fsp3) is 0.200. The van der Waals surface area contributed by atoms with E-state index < -0.39 is 5.92 Å². The summed E-state index contributed by atoms with van der Waals surface area (Å²) in [5.74, 6) is -1.07. The van der Waals surface area contributed by atoms with E-state index in [9.17, 15) is 9.59 Å². The minimum atomic E-state index is -0.572. The van der Waals surface area contributed by atoms with Crippen LogP contribution >= 0.6 is 0 Å². The summed E-state index contributed by atoms with van der Waals surface area (Å²) in [4.78, 5) is 24.0. The number of ketones is 1. The van der Waals surface area contributed by atoms with Gasteiger partial charge in [-0.25, -0.2) is 0 Å². The van der Waals surface area contributed by atoms with E-state index in [4.69, 9.17) is 4.74 Å². The molecule has 0 saturated carbocycles. The van der Waals surface area contributed by atoms with Crippen LogP contribution in [0.15, 0.2) is 54.1 Å². The third kappa shape index (κ3) is 2.40. The summed E-state index contributed by atoms with van der Waals surface area (Å²) in [6, 6.07) is 8.93. The van der Waals surface area contributed by atoms with Crippen LogP contribution in [0.5, 0.6) is 0 Å². The average Bonchev–Trinajstić information content (AvgIpc) is 2.88. The summed E-state index contributed by atoms with van der Waals surface area (Å²) in [5.41, 5.74) is 1.06. The lowest BCUT2D eigenvalue weighted by molar-refractivity contribution is -0.144. The van der Waals surface area contributed by atoms with E-state index in [1.54, 1.807) is 49.4 Å². The molecule has 0 aromatic heterocycles. The Labute approximate surface area is 106 Å². The molecule has 0 bridgehead atoms. The van der Waals surface area contributed by atoms with Gasteiger partial charge < -0.3 is 4.74 Å². The number of benzene rings is 1. The van der Waals surface area contributed by atoms with Gasteiger partial charge in [0.05, 0.1) is 6.61 Å². The highest BCUT2D eigenvalue weighted by molar-refractivity contribution is 6.12. The van der Waals surface area contributed by atoms with Crippen molar-refractivity contribution in [2.24, 2.45) is 5.92 Å². The van der Waals surface area contributed by atoms with Crippen molar-refractivity contribution in [1.29, 1.82) is 0 Å². The maximum atomic E-state index is 12.2. The number of ether oxygens (including phenoxy) is 1. The van der Waals surface area contributed by atoms with Crippen LogP contribution in [0.2, 0.25) is 0 Å². The molecule has 0 fully saturated rings. The minimum absolute atomic E-state index is 0.126. The van der Waals surface area contributed by atoms with E-state index in [0.29, 0.717) is 17.7 Å². The molecule has 1 aromatic carbocycles. The number of rotatable bonds is 4. The average molecular weight is 242 g/mol. The second-order valence-electron chi connectivity index (χ2n) is 3.93. The number of hydrogen-bond acceptors (Lipinski definition) is 3. The van der Waals surface area contributed by atoms with Crippen LogP contribution in [-0.2, 0) is 9.53 Å². The molecule has 0 radical (unpaired) electrons. The molecule has 3 nitrogen and oxygen atoms in total. The Morgan fingerprint density at radius 2 is 1.94 bits per heavy atom. The van der Waals surface area contributed by atoms with Crippen LogP contribution in [0.25, 0.3) is 0 Å². The van der Waals surface area contributed by atoms with Gasteiger partial charge >= 0.3 is 5.97 Å². The molecule has 1 aromatic rings. The van der Waals surface area contributed by atoms with Gasteiger partial charge in [-0.2, -0.15) is 0 Å². The lowest BCUT2D eigenvalue weighted by atomic mass is 9.95. The molecule has 0 heterocycles. The Morgan fingerprint density at radius 3 is 2.61 bits per heavy atom. The van der Waals surface area contributed by atoms with E-state index in [1.165, 1.54) is 0 Å². The van der Waals surface area contributed by atoms with Gasteiger partial charge in [-0.15, -0.1) is 0 Å². The molecular weight excluding hydrogens is 228 g/mol. The van der Waals surface area contributed by atoms with Gasteiger partial charge in [0.2, 0.25) is 0 Å². The first-order chi connectivity index (χ1) is 8.74. The quantitative estimate of drug-likeness (QED) is 0.602. The molecule has 1 unspecified atom stereocenters. The van der Waals surface area contributed by atoms with Crippen LogP contribution in [-0.4, -0.2) is 18.4 Å². The van der Waals surface area contributed by atoms with Gasteiger partial charge in [0.25, 0.3) is 0 Å². The first kappa shape index (κ1) is 12.3. The van der Waals surface area contributed by atoms with E-state index >= 15 is 0 Å². The normalized spacial score (nSPS) is 17.4. The van der Waals surface area contributed by atoms with Gasteiger partial charge in [0.1, 0.15) is 5.92 Å². The first-order valence-corrected chi connectivity index (χ1v) is 5.88. The third-order valence-electron chi connectivity index (χ3n) is 2.75. The molecule has 92 valence electrons. The molecule has 0 amide bonds. The second kappa shape index (κ2) is 5.45. The lowest BCUT2D eigenvalue weighted by Crippen LogP contribution is -2.20. The van der Waals surface area contributed by atoms with Crippen molar-refractivity contribution in [1.82, 2.24) is 0 Å². The van der Waals surface area contributed by atoms with Crippen LogP contribution < -0.4 is 0 Å². The van der Waals surface area contributed by atoms with Crippen molar-refractivity contribution in [2.45, 2.75) is 6.92 Å². The summed E-state index contributed by atoms with van der Waals surface area (Å²) < 4.78 is 4.96. The summed E-state index contributed by atoms with van der Waals surface area (Å²) in [5, 5.41) is 0. The van der Waals surface area contributed by atoms with Crippen LogP contribution in [0, 0.1) is 5.92 Å². The molecule has 1 atom stereocenters. The molecule has 2 rings (SSSR count). The van der Waals surface area contributed by atoms with Crippen molar-refractivity contribution in [3.8, 4) is 0 Å². The van der Waals surface area contributed by atoms with Crippen LogP contribution in [0.1, 0.15) is 17.3 Å². The van der Waals surface area contributed by atoms with Gasteiger partial charge in [0, 0.05) is 11.1 Å². The number of carbonyl (C=O) groups is 2. The standard InChI is InChI=1S/C15H14O3/c1-2-18-15(17)13-10-6-9-12(13)14(16)11-7-4-3-5-8-11/h3-10,13H,2H2,1H3. The van der Waals surface area contributed by atoms with Crippen molar-refractivity contribution >= 4 is 11.8 Å². The zero-order valence-corrected chi connectivity index (χ0v) is 10.1. The van der Waals surface area contributed by atoms with Gasteiger partial charge in [-0.1, -0.05) is 48.6 Å². The molecule has 1 aliphatic rings. The number of hydrogen-bond donors (Lipinski definition) is 0. The third-order valence-corrected chi connectivity index (χ3v) is 2.75. The monoisotopic (exact) mass is 242 g/mol. The maximum absolute atomic E-state index is 12.2. The topological polar surface area (TPSA) is 43.4 Å². The molecular formula is C15H14O3. The Hall–Kier alpha value is -2.16. The molecule has 18 heavy (non-hydrogen) atoms. The Kier molecular flexibility index (Phi) is 3.72. The number of esters is 1. The van der Waals surface area contributed by atoms with E-state index in [1.807, 2.05) is 6.07 Å². The maximum Gasteiger partial charge on any atom is 0.317 e. The SMILES string of the molecule is CCOC(=O)C1C=CC=C1C(=O)c1ccccc1. The van der Waals surface area contributed by atoms with E-state index in [-0.39, 0.29) is 11.8 Å². The summed E-state index contributed by atoms with van der Waals surface area (Å²) in [6.07, 6.45) is 5.09. The number of Topliss-reactive ketones (excluding diaryl/α,β-unsaturated/α-hetero) is 1. The van der Waals surface area contributed by atoms with Crippen molar-refractivity contribution in [3.63, 3.8) is 0 Å². The Bertz CT molecular complexity index is 512. The highest BCUT2D eigenvalue weighted by Gasteiger charge is 2.29. The smallest absolute Gasteiger partial charge is 0.317 e.